The molecular weight excluding hydrogens is 639 g/mol. The topological polar surface area (TPSA) is 3.24 Å². The number of fused-ring (bicyclic) bond motifs is 1. The van der Waals surface area contributed by atoms with Crippen LogP contribution < -0.4 is 4.90 Å². The molecule has 0 N–H and O–H groups in total. The van der Waals surface area contributed by atoms with Gasteiger partial charge in [-0.2, -0.15) is 0 Å². The predicted octanol–water partition coefficient (Wildman–Crippen LogP) is 14.6. The van der Waals surface area contributed by atoms with Gasteiger partial charge in [0.05, 0.1) is 5.69 Å². The molecular formula is C52H37N. The molecule has 0 heterocycles. The highest BCUT2D eigenvalue weighted by Gasteiger charge is 2.18. The normalized spacial score (nSPS) is 11.0. The minimum atomic E-state index is 1.10. The monoisotopic (exact) mass is 675 g/mol. The molecule has 9 aromatic carbocycles. The number of hydrogen-bond acceptors (Lipinski definition) is 1. The van der Waals surface area contributed by atoms with Gasteiger partial charge >= 0.3 is 0 Å². The Bertz CT molecular complexity index is 2630. The lowest BCUT2D eigenvalue weighted by molar-refractivity contribution is 1.29. The van der Waals surface area contributed by atoms with E-state index < -0.39 is 0 Å². The van der Waals surface area contributed by atoms with Gasteiger partial charge in [0.25, 0.3) is 0 Å². The minimum absolute atomic E-state index is 1.10. The van der Waals surface area contributed by atoms with Crippen molar-refractivity contribution in [1.29, 1.82) is 0 Å². The van der Waals surface area contributed by atoms with E-state index in [1.807, 2.05) is 0 Å². The summed E-state index contributed by atoms with van der Waals surface area (Å²) in [7, 11) is 0. The summed E-state index contributed by atoms with van der Waals surface area (Å²) in [6.45, 7) is 0. The highest BCUT2D eigenvalue weighted by atomic mass is 15.1. The number of hydrogen-bond donors (Lipinski definition) is 0. The second-order valence-electron chi connectivity index (χ2n) is 13.4. The molecule has 0 aliphatic rings. The molecule has 0 saturated heterocycles. The van der Waals surface area contributed by atoms with Crippen molar-refractivity contribution in [2.24, 2.45) is 0 Å². The van der Waals surface area contributed by atoms with Crippen molar-refractivity contribution >= 4 is 27.8 Å². The van der Waals surface area contributed by atoms with Crippen molar-refractivity contribution in [2.45, 2.75) is 0 Å². The third-order valence-electron chi connectivity index (χ3n) is 10.1. The molecule has 9 rings (SSSR count). The van der Waals surface area contributed by atoms with E-state index in [0.717, 1.165) is 17.1 Å². The van der Waals surface area contributed by atoms with Gasteiger partial charge in [-0.1, -0.05) is 188 Å². The molecule has 0 aromatic heterocycles. The summed E-state index contributed by atoms with van der Waals surface area (Å²) in [5.41, 5.74) is 15.4. The van der Waals surface area contributed by atoms with E-state index in [1.165, 1.54) is 66.4 Å². The second-order valence-corrected chi connectivity index (χ2v) is 13.4. The van der Waals surface area contributed by atoms with Crippen molar-refractivity contribution in [1.82, 2.24) is 0 Å². The molecule has 0 saturated carbocycles. The Hall–Kier alpha value is -6.96. The van der Waals surface area contributed by atoms with Crippen molar-refractivity contribution < 1.29 is 0 Å². The fourth-order valence-electron chi connectivity index (χ4n) is 7.38. The van der Waals surface area contributed by atoms with Crippen LogP contribution in [0.5, 0.6) is 0 Å². The molecule has 53 heavy (non-hydrogen) atoms. The van der Waals surface area contributed by atoms with Gasteiger partial charge in [-0.05, 0) is 97.2 Å². The standard InChI is InChI=1S/C52H37N/c1-4-14-38(15-5-1)40-24-26-44(27-25-40)50-22-12-13-23-52(50)53(48-34-30-39-16-10-11-21-45(39)36-48)47-32-28-41(29-33-47)46-31-35-49(42-17-6-2-7-18-42)51(37-46)43-19-8-3-9-20-43/h1-37H. The molecule has 9 aromatic rings. The summed E-state index contributed by atoms with van der Waals surface area (Å²) in [5.74, 6) is 0. The first-order chi connectivity index (χ1) is 26.3. The predicted molar refractivity (Wildman–Crippen MR) is 226 cm³/mol. The fourth-order valence-corrected chi connectivity index (χ4v) is 7.38. The van der Waals surface area contributed by atoms with Gasteiger partial charge in [-0.3, -0.25) is 0 Å². The minimum Gasteiger partial charge on any atom is -0.310 e. The van der Waals surface area contributed by atoms with Crippen LogP contribution in [-0.2, 0) is 0 Å². The van der Waals surface area contributed by atoms with Crippen LogP contribution in [0.2, 0.25) is 0 Å². The number of para-hydroxylation sites is 1. The largest absolute Gasteiger partial charge is 0.310 e. The molecule has 1 heteroatoms. The summed E-state index contributed by atoms with van der Waals surface area (Å²) in [6.07, 6.45) is 0. The van der Waals surface area contributed by atoms with E-state index in [0.29, 0.717) is 0 Å². The van der Waals surface area contributed by atoms with Gasteiger partial charge in [0.2, 0.25) is 0 Å². The first-order valence-electron chi connectivity index (χ1n) is 18.2. The van der Waals surface area contributed by atoms with Gasteiger partial charge in [-0.25, -0.2) is 0 Å². The zero-order valence-corrected chi connectivity index (χ0v) is 29.3. The molecule has 0 atom stereocenters. The Morgan fingerprint density at radius 3 is 1.38 bits per heavy atom. The van der Waals surface area contributed by atoms with Crippen LogP contribution in [0, 0.1) is 0 Å². The zero-order valence-electron chi connectivity index (χ0n) is 29.3. The maximum Gasteiger partial charge on any atom is 0.0540 e. The summed E-state index contributed by atoms with van der Waals surface area (Å²) in [6, 6.07) is 80.8. The van der Waals surface area contributed by atoms with Gasteiger partial charge in [0.1, 0.15) is 0 Å². The van der Waals surface area contributed by atoms with Crippen molar-refractivity contribution in [2.75, 3.05) is 4.90 Å². The first kappa shape index (κ1) is 32.0. The lowest BCUT2D eigenvalue weighted by Gasteiger charge is -2.28. The average molecular weight is 676 g/mol. The summed E-state index contributed by atoms with van der Waals surface area (Å²) in [5, 5.41) is 2.44. The molecule has 1 nitrogen and oxygen atoms in total. The lowest BCUT2D eigenvalue weighted by atomic mass is 9.91. The van der Waals surface area contributed by atoms with Crippen LogP contribution >= 0.6 is 0 Å². The quantitative estimate of drug-likeness (QED) is 0.155. The summed E-state index contributed by atoms with van der Waals surface area (Å²) in [4.78, 5) is 2.39. The molecule has 250 valence electrons. The molecule has 0 spiro atoms. The molecule has 0 aliphatic carbocycles. The molecule has 0 fully saturated rings. The summed E-state index contributed by atoms with van der Waals surface area (Å²) >= 11 is 0. The second kappa shape index (κ2) is 14.3. The van der Waals surface area contributed by atoms with Gasteiger partial charge in [0, 0.05) is 16.9 Å². The van der Waals surface area contributed by atoms with Crippen LogP contribution in [0.25, 0.3) is 66.4 Å². The number of anilines is 3. The van der Waals surface area contributed by atoms with E-state index >= 15 is 0 Å². The third kappa shape index (κ3) is 6.53. The van der Waals surface area contributed by atoms with Crippen molar-refractivity contribution in [3.63, 3.8) is 0 Å². The van der Waals surface area contributed by atoms with Gasteiger partial charge in [-0.15, -0.1) is 0 Å². The third-order valence-corrected chi connectivity index (χ3v) is 10.1. The Kier molecular flexibility index (Phi) is 8.66. The molecule has 0 bridgehead atoms. The van der Waals surface area contributed by atoms with Gasteiger partial charge in [0.15, 0.2) is 0 Å². The fraction of sp³-hybridized carbons (Fsp3) is 0. The molecule has 0 unspecified atom stereocenters. The van der Waals surface area contributed by atoms with Crippen LogP contribution in [0.15, 0.2) is 224 Å². The maximum atomic E-state index is 2.39. The van der Waals surface area contributed by atoms with Crippen molar-refractivity contribution in [3.8, 4) is 55.6 Å². The Morgan fingerprint density at radius 1 is 0.226 bits per heavy atom. The van der Waals surface area contributed by atoms with Crippen LogP contribution in [0.1, 0.15) is 0 Å². The molecule has 0 amide bonds. The van der Waals surface area contributed by atoms with Gasteiger partial charge < -0.3 is 4.90 Å². The first-order valence-corrected chi connectivity index (χ1v) is 18.2. The zero-order chi connectivity index (χ0) is 35.4. The van der Waals surface area contributed by atoms with E-state index in [-0.39, 0.29) is 0 Å². The number of benzene rings is 9. The van der Waals surface area contributed by atoms with Crippen molar-refractivity contribution in [3.05, 3.63) is 224 Å². The lowest BCUT2D eigenvalue weighted by Crippen LogP contribution is -2.11. The van der Waals surface area contributed by atoms with Crippen LogP contribution in [-0.4, -0.2) is 0 Å². The van der Waals surface area contributed by atoms with Crippen LogP contribution in [0.4, 0.5) is 17.1 Å². The smallest absolute Gasteiger partial charge is 0.0540 e. The Labute approximate surface area is 311 Å². The SMILES string of the molecule is c1ccc(-c2ccc(-c3ccccc3N(c3ccc(-c4ccc(-c5ccccc5)c(-c5ccccc5)c4)cc3)c3ccc4ccccc4c3)cc2)cc1. The van der Waals surface area contributed by atoms with E-state index in [1.54, 1.807) is 0 Å². The Balaban J connectivity index is 1.14. The molecule has 0 aliphatic heterocycles. The highest BCUT2D eigenvalue weighted by Crippen LogP contribution is 2.43. The molecule has 0 radical (unpaired) electrons. The van der Waals surface area contributed by atoms with Crippen LogP contribution in [0.3, 0.4) is 0 Å². The average Bonchev–Trinajstić information content (AvgIpc) is 3.25. The Morgan fingerprint density at radius 2 is 0.679 bits per heavy atom. The maximum absolute atomic E-state index is 2.39. The number of nitrogens with zero attached hydrogens (tertiary/aromatic N) is 1. The van der Waals surface area contributed by atoms with E-state index in [9.17, 15) is 0 Å². The van der Waals surface area contributed by atoms with E-state index in [2.05, 4.69) is 229 Å². The highest BCUT2D eigenvalue weighted by molar-refractivity contribution is 5.94. The van der Waals surface area contributed by atoms with E-state index in [4.69, 9.17) is 0 Å². The summed E-state index contributed by atoms with van der Waals surface area (Å²) < 4.78 is 0. The number of rotatable bonds is 8.